The van der Waals surface area contributed by atoms with Gasteiger partial charge in [-0.25, -0.2) is 0 Å². The van der Waals surface area contributed by atoms with Crippen LogP contribution in [0.3, 0.4) is 0 Å². The van der Waals surface area contributed by atoms with Crippen molar-refractivity contribution in [1.29, 1.82) is 5.26 Å². The number of carbonyl (C=O) groups excluding carboxylic acids is 1. The minimum absolute atomic E-state index is 0.0266. The van der Waals surface area contributed by atoms with Crippen LogP contribution >= 0.6 is 11.8 Å². The summed E-state index contributed by atoms with van der Waals surface area (Å²) in [7, 11) is 1.48. The number of carbonyl (C=O) groups is 1. The first-order valence-corrected chi connectivity index (χ1v) is 9.76. The number of hydrogen-bond acceptors (Lipinski definition) is 6. The number of nitriles is 1. The minimum Gasteiger partial charge on any atom is -0.504 e. The first kappa shape index (κ1) is 19.1. The quantitative estimate of drug-likeness (QED) is 0.745. The fraction of sp³-hybridized carbons (Fsp3) is 0.333. The number of hydrogen-bond donors (Lipinski definition) is 2. The van der Waals surface area contributed by atoms with Gasteiger partial charge in [0.25, 0.3) is 0 Å². The van der Waals surface area contributed by atoms with E-state index in [9.17, 15) is 15.2 Å². The third-order valence-corrected chi connectivity index (χ3v) is 5.91. The molecule has 6 heteroatoms. The van der Waals surface area contributed by atoms with Gasteiger partial charge < -0.3 is 15.2 Å². The lowest BCUT2D eigenvalue weighted by Gasteiger charge is -2.33. The predicted molar refractivity (Wildman–Crippen MR) is 106 cm³/mol. The molecule has 0 saturated carbocycles. The molecule has 140 valence electrons. The number of aromatic hydroxyl groups is 1. The average molecular weight is 382 g/mol. The largest absolute Gasteiger partial charge is 0.504 e. The van der Waals surface area contributed by atoms with Crippen LogP contribution < -0.4 is 10.1 Å². The lowest BCUT2D eigenvalue weighted by Crippen LogP contribution is -2.31. The first-order valence-electron chi connectivity index (χ1n) is 8.77. The van der Waals surface area contributed by atoms with E-state index in [1.165, 1.54) is 18.9 Å². The molecule has 2 N–H and O–H groups in total. The number of allylic oxidation sites excluding steroid dienone is 3. The maximum atomic E-state index is 12.7. The molecular weight excluding hydrogens is 360 g/mol. The number of benzene rings is 1. The summed E-state index contributed by atoms with van der Waals surface area (Å²) in [4.78, 5) is 12.7. The molecule has 1 aromatic rings. The van der Waals surface area contributed by atoms with Crippen LogP contribution in [0.5, 0.6) is 11.5 Å². The number of methoxy groups -OCH3 is 1. The van der Waals surface area contributed by atoms with Crippen LogP contribution in [-0.2, 0) is 4.79 Å². The molecule has 0 radical (unpaired) electrons. The molecule has 3 rings (SSSR count). The number of ether oxygens (including phenoxy) is 1. The summed E-state index contributed by atoms with van der Waals surface area (Å²) in [6.07, 6.45) is 2.07. The molecule has 2 aliphatic rings. The normalized spacial score (nSPS) is 19.3. The van der Waals surface area contributed by atoms with E-state index in [0.717, 1.165) is 34.7 Å². The van der Waals surface area contributed by atoms with Crippen LogP contribution in [0.25, 0.3) is 0 Å². The van der Waals surface area contributed by atoms with Crippen LogP contribution in [0.1, 0.15) is 37.7 Å². The third-order valence-electron chi connectivity index (χ3n) is 4.66. The Hall–Kier alpha value is -2.65. The van der Waals surface area contributed by atoms with E-state index in [2.05, 4.69) is 18.0 Å². The van der Waals surface area contributed by atoms with E-state index in [1.807, 2.05) is 6.92 Å². The second-order valence-corrected chi connectivity index (χ2v) is 7.74. The highest BCUT2D eigenvalue weighted by Crippen LogP contribution is 2.45. The topological polar surface area (TPSA) is 82.3 Å². The van der Waals surface area contributed by atoms with Gasteiger partial charge in [-0.1, -0.05) is 18.2 Å². The number of rotatable bonds is 5. The Morgan fingerprint density at radius 2 is 2.26 bits per heavy atom. The molecule has 1 aliphatic heterocycles. The summed E-state index contributed by atoms with van der Waals surface area (Å²) < 4.78 is 5.23. The van der Waals surface area contributed by atoms with E-state index in [4.69, 9.17) is 4.74 Å². The highest BCUT2D eigenvalue weighted by atomic mass is 32.2. The zero-order valence-electron chi connectivity index (χ0n) is 15.5. The molecule has 1 heterocycles. The molecule has 1 unspecified atom stereocenters. The monoisotopic (exact) mass is 382 g/mol. The Labute approximate surface area is 163 Å². The van der Waals surface area contributed by atoms with E-state index in [-0.39, 0.29) is 11.5 Å². The van der Waals surface area contributed by atoms with Crippen LogP contribution in [0.4, 0.5) is 0 Å². The van der Waals surface area contributed by atoms with Crippen LogP contribution in [0.15, 0.2) is 52.2 Å². The molecule has 0 bridgehead atoms. The molecule has 27 heavy (non-hydrogen) atoms. The molecule has 0 saturated heterocycles. The first-order chi connectivity index (χ1) is 13.0. The number of thioether (sulfide) groups is 1. The number of dihydropyridines is 1. The number of phenolic OH excluding ortho intramolecular Hbond substituents is 1. The molecule has 1 aromatic carbocycles. The maximum absolute atomic E-state index is 12.7. The summed E-state index contributed by atoms with van der Waals surface area (Å²) >= 11 is 1.53. The smallest absolute Gasteiger partial charge is 0.161 e. The van der Waals surface area contributed by atoms with Gasteiger partial charge in [0.2, 0.25) is 0 Å². The summed E-state index contributed by atoms with van der Waals surface area (Å²) in [5, 5.41) is 24.0. The van der Waals surface area contributed by atoms with Crippen molar-refractivity contribution < 1.29 is 14.6 Å². The van der Waals surface area contributed by atoms with Crippen molar-refractivity contribution in [3.05, 3.63) is 57.8 Å². The Morgan fingerprint density at radius 3 is 2.93 bits per heavy atom. The van der Waals surface area contributed by atoms with Crippen molar-refractivity contribution in [2.45, 2.75) is 32.1 Å². The van der Waals surface area contributed by atoms with Gasteiger partial charge in [0, 0.05) is 23.4 Å². The van der Waals surface area contributed by atoms with Crippen molar-refractivity contribution >= 4 is 17.5 Å². The number of nitrogens with zero attached hydrogens (tertiary/aromatic N) is 1. The van der Waals surface area contributed by atoms with Crippen LogP contribution in [-0.4, -0.2) is 23.8 Å². The molecule has 0 amide bonds. The van der Waals surface area contributed by atoms with Crippen molar-refractivity contribution in [1.82, 2.24) is 5.32 Å². The summed E-state index contributed by atoms with van der Waals surface area (Å²) in [6.45, 7) is 5.87. The summed E-state index contributed by atoms with van der Waals surface area (Å²) in [5.41, 5.74) is 3.84. The lowest BCUT2D eigenvalue weighted by atomic mass is 9.77. The van der Waals surface area contributed by atoms with Crippen molar-refractivity contribution in [2.24, 2.45) is 0 Å². The van der Waals surface area contributed by atoms with Gasteiger partial charge in [-0.15, -0.1) is 11.8 Å². The highest BCUT2D eigenvalue weighted by Gasteiger charge is 2.37. The van der Waals surface area contributed by atoms with Gasteiger partial charge in [0.15, 0.2) is 17.3 Å². The molecule has 0 spiro atoms. The highest BCUT2D eigenvalue weighted by molar-refractivity contribution is 8.03. The van der Waals surface area contributed by atoms with Gasteiger partial charge in [-0.2, -0.15) is 5.26 Å². The number of Topliss-reactive ketones (excluding diaryl/α,β-unsaturated/α-hetero) is 1. The summed E-state index contributed by atoms with van der Waals surface area (Å²) in [6, 6.07) is 7.30. The van der Waals surface area contributed by atoms with Gasteiger partial charge in [-0.3, -0.25) is 4.79 Å². The minimum atomic E-state index is -0.457. The molecule has 5 nitrogen and oxygen atoms in total. The fourth-order valence-electron chi connectivity index (χ4n) is 3.44. The molecular formula is C21H22N2O3S. The zero-order valence-corrected chi connectivity index (χ0v) is 16.3. The van der Waals surface area contributed by atoms with E-state index in [1.54, 1.807) is 18.2 Å². The Kier molecular flexibility index (Phi) is 5.62. The molecule has 1 aliphatic carbocycles. The molecule has 0 aromatic heterocycles. The lowest BCUT2D eigenvalue weighted by molar-refractivity contribution is -0.116. The van der Waals surface area contributed by atoms with Gasteiger partial charge in [0.05, 0.1) is 29.7 Å². The fourth-order valence-corrected chi connectivity index (χ4v) is 4.34. The average Bonchev–Trinajstić information content (AvgIpc) is 2.65. The van der Waals surface area contributed by atoms with E-state index < -0.39 is 5.92 Å². The summed E-state index contributed by atoms with van der Waals surface area (Å²) in [5.74, 6) is 0.651. The van der Waals surface area contributed by atoms with Crippen LogP contribution in [0, 0.1) is 11.3 Å². The molecule has 1 atom stereocenters. The Balaban J connectivity index is 2.15. The van der Waals surface area contributed by atoms with Crippen molar-refractivity contribution in [2.75, 3.05) is 12.9 Å². The standard InChI is InChI=1S/C21H22N2O3S/c1-12(2)11-27-21-14(10-22)19(13-7-8-16(24)18(9-13)26-3)20-15(23-21)5-4-6-17(20)25/h7-9,19,23-24H,1,4-6,11H2,2-3H3. The van der Waals surface area contributed by atoms with Crippen molar-refractivity contribution in [3.63, 3.8) is 0 Å². The van der Waals surface area contributed by atoms with Crippen LogP contribution in [0.2, 0.25) is 0 Å². The van der Waals surface area contributed by atoms with E-state index in [0.29, 0.717) is 29.1 Å². The van der Waals surface area contributed by atoms with Gasteiger partial charge in [0.1, 0.15) is 0 Å². The third kappa shape index (κ3) is 3.74. The van der Waals surface area contributed by atoms with Gasteiger partial charge >= 0.3 is 0 Å². The Bertz CT molecular complexity index is 908. The molecule has 0 fully saturated rings. The SMILES string of the molecule is C=C(C)CSC1=C(C#N)C(c2ccc(O)c(OC)c2)C2=C(CCCC2=O)N1. The maximum Gasteiger partial charge on any atom is 0.161 e. The predicted octanol–water partition coefficient (Wildman–Crippen LogP) is 4.14. The number of nitrogens with one attached hydrogen (secondary N) is 1. The second kappa shape index (κ2) is 7.93. The van der Waals surface area contributed by atoms with E-state index >= 15 is 0 Å². The number of ketones is 1. The number of phenols is 1. The van der Waals surface area contributed by atoms with Crippen molar-refractivity contribution in [3.8, 4) is 17.6 Å². The zero-order chi connectivity index (χ0) is 19.6. The second-order valence-electron chi connectivity index (χ2n) is 6.76. The Morgan fingerprint density at radius 1 is 1.48 bits per heavy atom. The van der Waals surface area contributed by atoms with Gasteiger partial charge in [-0.05, 0) is 37.5 Å².